The zero-order valence-electron chi connectivity index (χ0n) is 9.03. The minimum absolute atomic E-state index is 0.0766. The van der Waals surface area contributed by atoms with Gasteiger partial charge in [-0.1, -0.05) is 0 Å². The molecule has 1 atom stereocenters. The van der Waals surface area contributed by atoms with Crippen LogP contribution in [0, 0.1) is 5.41 Å². The molecule has 0 aliphatic carbocycles. The van der Waals surface area contributed by atoms with Gasteiger partial charge in [-0.2, -0.15) is 4.99 Å². The van der Waals surface area contributed by atoms with Gasteiger partial charge in [0.05, 0.1) is 5.60 Å². The summed E-state index contributed by atoms with van der Waals surface area (Å²) < 4.78 is 0. The van der Waals surface area contributed by atoms with E-state index in [1.54, 1.807) is 4.90 Å². The van der Waals surface area contributed by atoms with Crippen molar-refractivity contribution in [2.45, 2.75) is 31.8 Å². The van der Waals surface area contributed by atoms with Gasteiger partial charge in [0.1, 0.15) is 0 Å². The lowest BCUT2D eigenvalue weighted by Gasteiger charge is -2.22. The van der Waals surface area contributed by atoms with Crippen LogP contribution in [0.4, 0.5) is 0 Å². The first-order valence-electron chi connectivity index (χ1n) is 5.06. The first-order valence-corrected chi connectivity index (χ1v) is 5.06. The van der Waals surface area contributed by atoms with Gasteiger partial charge in [0.2, 0.25) is 5.96 Å². The van der Waals surface area contributed by atoms with Gasteiger partial charge in [-0.25, -0.2) is 0 Å². The summed E-state index contributed by atoms with van der Waals surface area (Å²) in [4.78, 5) is 5.47. The number of aliphatic hydroxyl groups is 1. The van der Waals surface area contributed by atoms with Crippen molar-refractivity contribution in [1.82, 2.24) is 4.90 Å². The lowest BCUT2D eigenvalue weighted by molar-refractivity contribution is 0.0462. The maximum atomic E-state index is 9.85. The SMILES string of the molecule is CC1(O)CCCN(C(=N)N=C(N)N)CC1. The molecule has 0 aromatic carbocycles. The molecule has 6 heteroatoms. The molecular weight excluding hydrogens is 194 g/mol. The number of hydrogen-bond donors (Lipinski definition) is 4. The van der Waals surface area contributed by atoms with Crippen molar-refractivity contribution >= 4 is 11.9 Å². The molecular formula is C9H19N5O. The number of nitrogens with one attached hydrogen (secondary N) is 1. The molecule has 1 unspecified atom stereocenters. The van der Waals surface area contributed by atoms with Gasteiger partial charge in [0.15, 0.2) is 5.96 Å². The fourth-order valence-corrected chi connectivity index (χ4v) is 1.67. The summed E-state index contributed by atoms with van der Waals surface area (Å²) in [6.07, 6.45) is 2.23. The van der Waals surface area contributed by atoms with Gasteiger partial charge in [0.25, 0.3) is 0 Å². The molecule has 1 heterocycles. The van der Waals surface area contributed by atoms with Crippen LogP contribution in [0.25, 0.3) is 0 Å². The van der Waals surface area contributed by atoms with Crippen LogP contribution in [0.2, 0.25) is 0 Å². The van der Waals surface area contributed by atoms with Crippen LogP contribution < -0.4 is 11.5 Å². The third-order valence-corrected chi connectivity index (χ3v) is 2.60. The van der Waals surface area contributed by atoms with E-state index in [-0.39, 0.29) is 11.9 Å². The molecule has 1 aliphatic rings. The second kappa shape index (κ2) is 4.48. The van der Waals surface area contributed by atoms with Gasteiger partial charge in [-0.05, 0) is 26.2 Å². The van der Waals surface area contributed by atoms with Crippen LogP contribution in [0.15, 0.2) is 4.99 Å². The van der Waals surface area contributed by atoms with Crippen LogP contribution in [-0.2, 0) is 0 Å². The van der Waals surface area contributed by atoms with E-state index in [2.05, 4.69) is 4.99 Å². The highest BCUT2D eigenvalue weighted by atomic mass is 16.3. The third kappa shape index (κ3) is 3.75. The highest BCUT2D eigenvalue weighted by Crippen LogP contribution is 2.21. The second-order valence-electron chi connectivity index (χ2n) is 4.20. The Labute approximate surface area is 89.5 Å². The predicted molar refractivity (Wildman–Crippen MR) is 59.6 cm³/mol. The minimum Gasteiger partial charge on any atom is -0.390 e. The van der Waals surface area contributed by atoms with Gasteiger partial charge in [-0.15, -0.1) is 0 Å². The van der Waals surface area contributed by atoms with Crippen molar-refractivity contribution in [3.8, 4) is 0 Å². The summed E-state index contributed by atoms with van der Waals surface area (Å²) in [6, 6.07) is 0. The van der Waals surface area contributed by atoms with Crippen molar-refractivity contribution in [3.63, 3.8) is 0 Å². The standard InChI is InChI=1S/C9H19N5O/c1-9(15)3-2-5-14(6-4-9)8(12)13-7(10)11/h15H,2-6H2,1H3,(H5,10,11,12,13). The molecule has 1 fully saturated rings. The van der Waals surface area contributed by atoms with Crippen molar-refractivity contribution in [1.29, 1.82) is 5.41 Å². The normalized spacial score (nSPS) is 26.9. The molecule has 15 heavy (non-hydrogen) atoms. The maximum absolute atomic E-state index is 9.85. The summed E-state index contributed by atoms with van der Waals surface area (Å²) >= 11 is 0. The van der Waals surface area contributed by atoms with E-state index < -0.39 is 5.60 Å². The quantitative estimate of drug-likeness (QED) is 0.319. The number of rotatable bonds is 0. The number of nitrogens with two attached hydrogens (primary N) is 2. The van der Waals surface area contributed by atoms with E-state index in [9.17, 15) is 5.11 Å². The van der Waals surface area contributed by atoms with Crippen LogP contribution >= 0.6 is 0 Å². The molecule has 86 valence electrons. The first kappa shape index (κ1) is 11.8. The molecule has 1 aliphatic heterocycles. The third-order valence-electron chi connectivity index (χ3n) is 2.60. The highest BCUT2D eigenvalue weighted by Gasteiger charge is 2.25. The van der Waals surface area contributed by atoms with Gasteiger partial charge in [0, 0.05) is 13.1 Å². The Bertz CT molecular complexity index is 270. The highest BCUT2D eigenvalue weighted by molar-refractivity contribution is 5.91. The molecule has 0 amide bonds. The molecule has 6 nitrogen and oxygen atoms in total. The van der Waals surface area contributed by atoms with Crippen molar-refractivity contribution in [2.24, 2.45) is 16.5 Å². The Balaban J connectivity index is 2.58. The Morgan fingerprint density at radius 3 is 2.67 bits per heavy atom. The molecule has 0 spiro atoms. The maximum Gasteiger partial charge on any atom is 0.221 e. The second-order valence-corrected chi connectivity index (χ2v) is 4.20. The smallest absolute Gasteiger partial charge is 0.221 e. The summed E-state index contributed by atoms with van der Waals surface area (Å²) in [6.45, 7) is 3.15. The molecule has 1 rings (SSSR count). The molecule has 0 saturated carbocycles. The summed E-state index contributed by atoms with van der Waals surface area (Å²) in [5.74, 6) is -0.0243. The van der Waals surface area contributed by atoms with Gasteiger partial charge in [-0.3, -0.25) is 5.41 Å². The lowest BCUT2D eigenvalue weighted by Crippen LogP contribution is -2.34. The number of hydrogen-bond acceptors (Lipinski definition) is 2. The van der Waals surface area contributed by atoms with Crippen LogP contribution in [0.5, 0.6) is 0 Å². The molecule has 1 saturated heterocycles. The number of guanidine groups is 2. The monoisotopic (exact) mass is 213 g/mol. The van der Waals surface area contributed by atoms with E-state index in [0.29, 0.717) is 19.5 Å². The first-order chi connectivity index (χ1) is 6.91. The molecule has 0 radical (unpaired) electrons. The Kier molecular flexibility index (Phi) is 3.52. The fourth-order valence-electron chi connectivity index (χ4n) is 1.67. The zero-order valence-corrected chi connectivity index (χ0v) is 9.03. The van der Waals surface area contributed by atoms with E-state index in [1.807, 2.05) is 6.92 Å². The van der Waals surface area contributed by atoms with Gasteiger partial charge < -0.3 is 21.5 Å². The average Bonchev–Trinajstić information content (AvgIpc) is 2.25. The van der Waals surface area contributed by atoms with Crippen molar-refractivity contribution in [2.75, 3.05) is 13.1 Å². The molecule has 0 aromatic heterocycles. The van der Waals surface area contributed by atoms with Crippen LogP contribution in [0.1, 0.15) is 26.2 Å². The number of aliphatic imine (C=N–C) groups is 1. The summed E-state index contributed by atoms with van der Waals surface area (Å²) in [7, 11) is 0. The molecule has 6 N–H and O–H groups in total. The van der Waals surface area contributed by atoms with E-state index in [0.717, 1.165) is 12.8 Å². The topological polar surface area (TPSA) is 112 Å². The number of likely N-dealkylation sites (tertiary alicyclic amines) is 1. The Morgan fingerprint density at radius 1 is 1.40 bits per heavy atom. The fraction of sp³-hybridized carbons (Fsp3) is 0.778. The minimum atomic E-state index is -0.632. The van der Waals surface area contributed by atoms with E-state index >= 15 is 0 Å². The summed E-state index contributed by atoms with van der Waals surface area (Å²) in [5, 5.41) is 17.5. The van der Waals surface area contributed by atoms with E-state index in [4.69, 9.17) is 16.9 Å². The zero-order chi connectivity index (χ0) is 11.5. The number of nitrogens with zero attached hydrogens (tertiary/aromatic N) is 2. The van der Waals surface area contributed by atoms with Crippen molar-refractivity contribution in [3.05, 3.63) is 0 Å². The average molecular weight is 213 g/mol. The molecule has 0 aromatic rings. The largest absolute Gasteiger partial charge is 0.390 e. The lowest BCUT2D eigenvalue weighted by atomic mass is 9.98. The molecule has 0 bridgehead atoms. The Hall–Kier alpha value is -1.30. The van der Waals surface area contributed by atoms with Crippen LogP contribution in [-0.4, -0.2) is 40.6 Å². The van der Waals surface area contributed by atoms with Crippen molar-refractivity contribution < 1.29 is 5.11 Å². The van der Waals surface area contributed by atoms with Crippen LogP contribution in [0.3, 0.4) is 0 Å². The summed E-state index contributed by atoms with van der Waals surface area (Å²) in [5.41, 5.74) is 9.77. The van der Waals surface area contributed by atoms with E-state index in [1.165, 1.54) is 0 Å². The van der Waals surface area contributed by atoms with Gasteiger partial charge >= 0.3 is 0 Å². The Morgan fingerprint density at radius 2 is 2.07 bits per heavy atom. The predicted octanol–water partition coefficient (Wildman–Crippen LogP) is -0.569.